The maximum Gasteiger partial charge on any atom is 0.0458 e. The predicted octanol–water partition coefficient (Wildman–Crippen LogP) is 4.15. The molecule has 0 heterocycles. The average Bonchev–Trinajstić information content (AvgIpc) is 2.16. The Morgan fingerprint density at radius 3 is 2.67 bits per heavy atom. The van der Waals surface area contributed by atoms with Crippen LogP contribution in [0.1, 0.15) is 31.4 Å². The van der Waals surface area contributed by atoms with E-state index in [0.717, 1.165) is 29.0 Å². The van der Waals surface area contributed by atoms with Crippen molar-refractivity contribution >= 4 is 23.4 Å². The van der Waals surface area contributed by atoms with E-state index in [1.165, 1.54) is 0 Å². The molecule has 1 aromatic carbocycles. The van der Waals surface area contributed by atoms with E-state index < -0.39 is 0 Å². The van der Waals surface area contributed by atoms with Crippen LogP contribution >= 0.6 is 11.6 Å². The lowest BCUT2D eigenvalue weighted by Gasteiger charge is -2.09. The molecular formula is C13H18ClN. The van der Waals surface area contributed by atoms with E-state index in [9.17, 15) is 0 Å². The van der Waals surface area contributed by atoms with Gasteiger partial charge >= 0.3 is 0 Å². The van der Waals surface area contributed by atoms with Gasteiger partial charge in [0.1, 0.15) is 0 Å². The van der Waals surface area contributed by atoms with Crippen molar-refractivity contribution in [2.24, 2.45) is 5.92 Å². The molecule has 0 aliphatic heterocycles. The molecule has 0 saturated heterocycles. The van der Waals surface area contributed by atoms with Crippen LogP contribution in [-0.2, 0) is 6.42 Å². The summed E-state index contributed by atoms with van der Waals surface area (Å²) in [7, 11) is 0. The van der Waals surface area contributed by atoms with Gasteiger partial charge in [-0.05, 0) is 42.0 Å². The zero-order valence-electron chi connectivity index (χ0n) is 9.39. The van der Waals surface area contributed by atoms with E-state index >= 15 is 0 Å². The van der Waals surface area contributed by atoms with Gasteiger partial charge in [-0.3, -0.25) is 0 Å². The summed E-state index contributed by atoms with van der Waals surface area (Å²) in [6.45, 7) is 8.15. The molecule has 0 bridgehead atoms. The third kappa shape index (κ3) is 3.28. The maximum atomic E-state index is 6.13. The maximum absolute atomic E-state index is 6.13. The van der Waals surface area contributed by atoms with Crippen LogP contribution in [0.2, 0.25) is 5.02 Å². The molecule has 0 radical (unpaired) electrons. The first-order valence-electron chi connectivity index (χ1n) is 5.25. The van der Waals surface area contributed by atoms with Crippen LogP contribution in [0.4, 0.5) is 5.69 Å². The Balaban J connectivity index is 2.92. The molecule has 2 heteroatoms. The van der Waals surface area contributed by atoms with E-state index in [2.05, 4.69) is 20.4 Å². The molecule has 0 amide bonds. The summed E-state index contributed by atoms with van der Waals surface area (Å²) in [6.07, 6.45) is 3.91. The highest BCUT2D eigenvalue weighted by Crippen LogP contribution is 2.26. The number of nitrogen functional groups attached to an aromatic ring is 1. The first kappa shape index (κ1) is 12.1. The molecule has 0 aliphatic rings. The van der Waals surface area contributed by atoms with Crippen molar-refractivity contribution in [1.29, 1.82) is 0 Å². The monoisotopic (exact) mass is 223 g/mol. The Morgan fingerprint density at radius 1 is 1.47 bits per heavy atom. The van der Waals surface area contributed by atoms with Crippen molar-refractivity contribution < 1.29 is 0 Å². The van der Waals surface area contributed by atoms with Crippen LogP contribution in [0.5, 0.6) is 0 Å². The summed E-state index contributed by atoms with van der Waals surface area (Å²) in [6, 6.07) is 3.85. The summed E-state index contributed by atoms with van der Waals surface area (Å²) >= 11 is 6.13. The third-order valence-corrected chi connectivity index (χ3v) is 2.81. The summed E-state index contributed by atoms with van der Waals surface area (Å²) in [4.78, 5) is 0. The molecule has 0 atom stereocenters. The molecule has 1 nitrogen and oxygen atoms in total. The van der Waals surface area contributed by atoms with Crippen LogP contribution in [0, 0.1) is 5.92 Å². The molecule has 1 aromatic rings. The predicted molar refractivity (Wildman–Crippen MR) is 69.1 cm³/mol. The molecule has 0 unspecified atom stereocenters. The smallest absolute Gasteiger partial charge is 0.0458 e. The number of halogens is 1. The number of nitrogens with two attached hydrogens (primary N) is 1. The number of hydrogen-bond acceptors (Lipinski definition) is 1. The van der Waals surface area contributed by atoms with E-state index in [0.29, 0.717) is 11.6 Å². The number of benzene rings is 1. The van der Waals surface area contributed by atoms with Crippen molar-refractivity contribution in [1.82, 2.24) is 0 Å². The number of rotatable bonds is 4. The molecule has 0 aliphatic carbocycles. The molecule has 0 aromatic heterocycles. The van der Waals surface area contributed by atoms with Gasteiger partial charge in [0.05, 0.1) is 0 Å². The van der Waals surface area contributed by atoms with Gasteiger partial charge in [0, 0.05) is 10.7 Å². The normalized spacial score (nSPS) is 10.7. The highest BCUT2D eigenvalue weighted by Gasteiger charge is 2.05. The van der Waals surface area contributed by atoms with Gasteiger partial charge < -0.3 is 5.73 Å². The van der Waals surface area contributed by atoms with Gasteiger partial charge in [0.15, 0.2) is 0 Å². The lowest BCUT2D eigenvalue weighted by molar-refractivity contribution is 0.587. The van der Waals surface area contributed by atoms with Gasteiger partial charge in [-0.25, -0.2) is 0 Å². The highest BCUT2D eigenvalue weighted by molar-refractivity contribution is 6.31. The molecule has 15 heavy (non-hydrogen) atoms. The van der Waals surface area contributed by atoms with Crippen molar-refractivity contribution in [3.05, 3.63) is 34.9 Å². The zero-order valence-corrected chi connectivity index (χ0v) is 10.1. The van der Waals surface area contributed by atoms with Crippen LogP contribution in [0.25, 0.3) is 6.08 Å². The summed E-state index contributed by atoms with van der Waals surface area (Å²) in [5.41, 5.74) is 8.63. The molecular weight excluding hydrogens is 206 g/mol. The fourth-order valence-electron chi connectivity index (χ4n) is 1.47. The zero-order chi connectivity index (χ0) is 11.4. The Labute approximate surface area is 96.9 Å². The van der Waals surface area contributed by atoms with Crippen LogP contribution in [0.15, 0.2) is 18.7 Å². The Bertz CT molecular complexity index is 356. The quantitative estimate of drug-likeness (QED) is 0.763. The second-order valence-corrected chi connectivity index (χ2v) is 4.62. The van der Waals surface area contributed by atoms with E-state index in [-0.39, 0.29) is 0 Å². The molecule has 0 saturated carbocycles. The van der Waals surface area contributed by atoms with Crippen LogP contribution in [-0.4, -0.2) is 0 Å². The first-order valence-corrected chi connectivity index (χ1v) is 5.62. The minimum Gasteiger partial charge on any atom is -0.398 e. The first-order chi connectivity index (χ1) is 7.04. The fourth-order valence-corrected chi connectivity index (χ4v) is 1.73. The number of aryl methyl sites for hydroxylation is 1. The Kier molecular flexibility index (Phi) is 4.22. The van der Waals surface area contributed by atoms with Crippen LogP contribution in [0.3, 0.4) is 0 Å². The van der Waals surface area contributed by atoms with Gasteiger partial charge in [0.2, 0.25) is 0 Å². The van der Waals surface area contributed by atoms with E-state index in [1.807, 2.05) is 12.1 Å². The standard InChI is InChI=1S/C13H18ClN/c1-4-10-7-11(6-5-9(2)3)12(14)8-13(10)15/h4,7-9H,1,5-6,15H2,2-3H3. The minimum absolute atomic E-state index is 0.686. The third-order valence-electron chi connectivity index (χ3n) is 2.46. The van der Waals surface area contributed by atoms with Gasteiger partial charge in [0.25, 0.3) is 0 Å². The lowest BCUT2D eigenvalue weighted by atomic mass is 10.00. The second-order valence-electron chi connectivity index (χ2n) is 4.21. The summed E-state index contributed by atoms with van der Waals surface area (Å²) in [5.74, 6) is 0.686. The molecule has 82 valence electrons. The molecule has 1 rings (SSSR count). The average molecular weight is 224 g/mol. The molecule has 2 N–H and O–H groups in total. The van der Waals surface area contributed by atoms with Crippen molar-refractivity contribution in [3.63, 3.8) is 0 Å². The van der Waals surface area contributed by atoms with Crippen molar-refractivity contribution in [3.8, 4) is 0 Å². The van der Waals surface area contributed by atoms with Gasteiger partial charge in [-0.15, -0.1) is 0 Å². The van der Waals surface area contributed by atoms with E-state index in [4.69, 9.17) is 17.3 Å². The Morgan fingerprint density at radius 2 is 2.13 bits per heavy atom. The van der Waals surface area contributed by atoms with Crippen LogP contribution < -0.4 is 5.73 Å². The number of anilines is 1. The second kappa shape index (κ2) is 5.22. The van der Waals surface area contributed by atoms with Crippen molar-refractivity contribution in [2.75, 3.05) is 5.73 Å². The Hall–Kier alpha value is -0.950. The SMILES string of the molecule is C=Cc1cc(CCC(C)C)c(Cl)cc1N. The fraction of sp³-hybridized carbons (Fsp3) is 0.385. The highest BCUT2D eigenvalue weighted by atomic mass is 35.5. The minimum atomic E-state index is 0.686. The summed E-state index contributed by atoms with van der Waals surface area (Å²) in [5, 5.41) is 0.763. The van der Waals surface area contributed by atoms with Crippen molar-refractivity contribution in [2.45, 2.75) is 26.7 Å². The van der Waals surface area contributed by atoms with Gasteiger partial charge in [-0.2, -0.15) is 0 Å². The topological polar surface area (TPSA) is 26.0 Å². The van der Waals surface area contributed by atoms with E-state index in [1.54, 1.807) is 6.08 Å². The molecule has 0 fully saturated rings. The number of hydrogen-bond donors (Lipinski definition) is 1. The lowest BCUT2D eigenvalue weighted by Crippen LogP contribution is -1.96. The van der Waals surface area contributed by atoms with Gasteiger partial charge in [-0.1, -0.05) is 38.1 Å². The summed E-state index contributed by atoms with van der Waals surface area (Å²) < 4.78 is 0. The molecule has 0 spiro atoms. The largest absolute Gasteiger partial charge is 0.398 e.